The molecule has 0 spiro atoms. The molecule has 0 radical (unpaired) electrons. The van der Waals surface area contributed by atoms with E-state index in [0.717, 1.165) is 12.1 Å². The average Bonchev–Trinajstić information content (AvgIpc) is 3.15. The summed E-state index contributed by atoms with van der Waals surface area (Å²) in [5, 5.41) is 0.739. The van der Waals surface area contributed by atoms with Crippen LogP contribution in [0.15, 0.2) is 72.8 Å². The fraction of sp³-hybridized carbons (Fsp3) is 0.393. The van der Waals surface area contributed by atoms with Crippen LogP contribution in [0.5, 0.6) is 11.5 Å². The van der Waals surface area contributed by atoms with Crippen molar-refractivity contribution in [2.45, 2.75) is 57.5 Å². The molecule has 2 aliphatic rings. The molecule has 2 aromatic carbocycles. The van der Waals surface area contributed by atoms with Crippen LogP contribution in [0.25, 0.3) is 0 Å². The first-order valence-electron chi connectivity index (χ1n) is 12.1. The number of amides is 1. The molecule has 1 amide bonds. The first-order chi connectivity index (χ1) is 16.5. The summed E-state index contributed by atoms with van der Waals surface area (Å²) in [6.45, 7) is 11.5. The summed E-state index contributed by atoms with van der Waals surface area (Å²) in [6, 6.07) is 14.6. The number of halogens is 1. The molecule has 5 nitrogen and oxygen atoms in total. The topological polar surface area (TPSA) is 48.0 Å². The highest BCUT2D eigenvalue weighted by molar-refractivity contribution is 6.74. The number of nitrogens with zero attached hydrogens (tertiary/aromatic N) is 1. The van der Waals surface area contributed by atoms with Crippen LogP contribution >= 0.6 is 11.6 Å². The second-order valence-electron chi connectivity index (χ2n) is 10.6. The van der Waals surface area contributed by atoms with Gasteiger partial charge in [0.05, 0.1) is 12.6 Å². The number of allylic oxidation sites excluding steroid dienone is 3. The predicted molar refractivity (Wildman–Crippen MR) is 144 cm³/mol. The predicted octanol–water partition coefficient (Wildman–Crippen LogP) is 7.98. The van der Waals surface area contributed by atoms with E-state index < -0.39 is 8.32 Å². The van der Waals surface area contributed by atoms with Crippen molar-refractivity contribution in [1.82, 2.24) is 0 Å². The Balaban J connectivity index is 1.55. The van der Waals surface area contributed by atoms with Gasteiger partial charge in [0.2, 0.25) is 0 Å². The molecule has 7 heteroatoms. The number of rotatable bonds is 7. The minimum absolute atomic E-state index is 0.0815. The molecule has 1 unspecified atom stereocenters. The zero-order chi connectivity index (χ0) is 25.2. The van der Waals surface area contributed by atoms with Gasteiger partial charge in [-0.25, -0.2) is 4.79 Å². The van der Waals surface area contributed by atoms with E-state index in [4.69, 9.17) is 25.5 Å². The molecule has 35 heavy (non-hydrogen) atoms. The zero-order valence-electron chi connectivity index (χ0n) is 21.0. The molecule has 0 bridgehead atoms. The Morgan fingerprint density at radius 2 is 1.66 bits per heavy atom. The van der Waals surface area contributed by atoms with E-state index in [0.29, 0.717) is 23.1 Å². The van der Waals surface area contributed by atoms with Gasteiger partial charge in [0, 0.05) is 16.6 Å². The summed E-state index contributed by atoms with van der Waals surface area (Å²) < 4.78 is 18.3. The second kappa shape index (κ2) is 10.2. The maximum atomic E-state index is 13.1. The van der Waals surface area contributed by atoms with Crippen LogP contribution in [0.3, 0.4) is 0 Å². The number of carbonyl (C=O) groups is 1. The minimum atomic E-state index is -1.99. The van der Waals surface area contributed by atoms with Crippen molar-refractivity contribution in [2.24, 2.45) is 5.92 Å². The van der Waals surface area contributed by atoms with E-state index in [1.807, 2.05) is 48.6 Å². The first kappa shape index (κ1) is 25.5. The van der Waals surface area contributed by atoms with Gasteiger partial charge in [0.1, 0.15) is 17.6 Å². The van der Waals surface area contributed by atoms with Crippen molar-refractivity contribution in [1.29, 1.82) is 0 Å². The molecular weight excluding hydrogens is 478 g/mol. The number of ether oxygens (including phenoxy) is 2. The van der Waals surface area contributed by atoms with Crippen LogP contribution in [0, 0.1) is 5.92 Å². The van der Waals surface area contributed by atoms with E-state index in [-0.39, 0.29) is 29.2 Å². The summed E-state index contributed by atoms with van der Waals surface area (Å²) >= 11 is 5.96. The average molecular weight is 512 g/mol. The summed E-state index contributed by atoms with van der Waals surface area (Å²) in [5.41, 5.74) is 0.779. The van der Waals surface area contributed by atoms with Gasteiger partial charge in [-0.3, -0.25) is 4.90 Å². The summed E-state index contributed by atoms with van der Waals surface area (Å²) in [6.07, 6.45) is 8.56. The van der Waals surface area contributed by atoms with Crippen LogP contribution in [-0.2, 0) is 9.16 Å². The smallest absolute Gasteiger partial charge is 0.415 e. The Morgan fingerprint density at radius 1 is 1.03 bits per heavy atom. The van der Waals surface area contributed by atoms with Crippen molar-refractivity contribution < 1.29 is 18.7 Å². The largest absolute Gasteiger partial charge is 0.457 e. The monoisotopic (exact) mass is 511 g/mol. The number of benzene rings is 2. The van der Waals surface area contributed by atoms with Crippen molar-refractivity contribution in [3.05, 3.63) is 77.9 Å². The molecule has 1 aliphatic heterocycles. The van der Waals surface area contributed by atoms with E-state index in [9.17, 15) is 4.79 Å². The molecule has 186 valence electrons. The Kier molecular flexibility index (Phi) is 7.45. The van der Waals surface area contributed by atoms with Gasteiger partial charge in [-0.2, -0.15) is 0 Å². The Morgan fingerprint density at radius 3 is 2.23 bits per heavy atom. The van der Waals surface area contributed by atoms with Crippen LogP contribution in [-0.4, -0.2) is 33.2 Å². The third-order valence-electron chi connectivity index (χ3n) is 7.16. The molecule has 1 saturated heterocycles. The lowest BCUT2D eigenvalue weighted by Gasteiger charge is -2.38. The quantitative estimate of drug-likeness (QED) is 0.353. The Labute approximate surface area is 214 Å². The molecule has 0 N–H and O–H groups in total. The van der Waals surface area contributed by atoms with Crippen LogP contribution in [0.4, 0.5) is 10.5 Å². The number of anilines is 1. The fourth-order valence-corrected chi connectivity index (χ4v) is 5.23. The third kappa shape index (κ3) is 5.82. The van der Waals surface area contributed by atoms with Crippen molar-refractivity contribution in [3.8, 4) is 11.5 Å². The van der Waals surface area contributed by atoms with Gasteiger partial charge in [0.25, 0.3) is 0 Å². The maximum Gasteiger partial charge on any atom is 0.415 e. The van der Waals surface area contributed by atoms with Gasteiger partial charge in [-0.05, 0) is 73.1 Å². The molecule has 1 heterocycles. The highest BCUT2D eigenvalue weighted by atomic mass is 35.5. The fourth-order valence-electron chi connectivity index (χ4n) is 4.09. The van der Waals surface area contributed by atoms with Crippen LogP contribution in [0.2, 0.25) is 23.2 Å². The van der Waals surface area contributed by atoms with Gasteiger partial charge >= 0.3 is 6.09 Å². The summed E-state index contributed by atoms with van der Waals surface area (Å²) in [7, 11) is -1.99. The highest BCUT2D eigenvalue weighted by Gasteiger charge is 2.47. The van der Waals surface area contributed by atoms with Gasteiger partial charge in [-0.1, -0.05) is 56.7 Å². The van der Waals surface area contributed by atoms with E-state index in [1.54, 1.807) is 17.0 Å². The molecule has 1 aliphatic carbocycles. The molecule has 0 aromatic heterocycles. The lowest BCUT2D eigenvalue weighted by atomic mass is 9.88. The number of hydrogen-bond acceptors (Lipinski definition) is 4. The van der Waals surface area contributed by atoms with E-state index >= 15 is 0 Å². The lowest BCUT2D eigenvalue weighted by molar-refractivity contribution is 0.0804. The molecular formula is C28H34ClNO4Si. The minimum Gasteiger partial charge on any atom is -0.457 e. The lowest BCUT2D eigenvalue weighted by Crippen LogP contribution is -2.47. The van der Waals surface area contributed by atoms with Crippen molar-refractivity contribution in [3.63, 3.8) is 0 Å². The Bertz CT molecular complexity index is 1090. The zero-order valence-corrected chi connectivity index (χ0v) is 22.8. The van der Waals surface area contributed by atoms with E-state index in [1.165, 1.54) is 0 Å². The van der Waals surface area contributed by atoms with Gasteiger partial charge in [-0.15, -0.1) is 0 Å². The molecule has 0 saturated carbocycles. The number of carbonyl (C=O) groups excluding carboxylic acids is 1. The van der Waals surface area contributed by atoms with E-state index in [2.05, 4.69) is 46.0 Å². The standard InChI is InChI=1S/C28H34ClNO4Si/c1-28(2,3)35(4,5)32-19-25-26(20-9-7-6-8-10-20)30(27(31)34-25)22-13-17-24(18-14-22)33-23-15-11-21(29)12-16-23/h6-9,11-18,20,25-26H,10,19H2,1-5H3/t20?,25-,26-/m0/s1. The first-order valence-corrected chi connectivity index (χ1v) is 15.3. The Hall–Kier alpha value is -2.54. The van der Waals surface area contributed by atoms with Crippen molar-refractivity contribution >= 4 is 31.7 Å². The van der Waals surface area contributed by atoms with Gasteiger partial charge < -0.3 is 13.9 Å². The van der Waals surface area contributed by atoms with Crippen molar-refractivity contribution in [2.75, 3.05) is 11.5 Å². The third-order valence-corrected chi connectivity index (χ3v) is 11.9. The molecule has 2 aromatic rings. The molecule has 3 atom stereocenters. The highest BCUT2D eigenvalue weighted by Crippen LogP contribution is 2.39. The second-order valence-corrected chi connectivity index (χ2v) is 15.9. The van der Waals surface area contributed by atoms with Gasteiger partial charge in [0.15, 0.2) is 8.32 Å². The SMILES string of the molecule is CC(C)(C)[Si](C)(C)OC[C@@H]1OC(=O)N(c2ccc(Oc3ccc(Cl)cc3)cc2)[C@H]1C1C=CC=CC1. The van der Waals surface area contributed by atoms with Crippen LogP contribution in [0.1, 0.15) is 27.2 Å². The number of hydrogen-bond donors (Lipinski definition) is 0. The number of cyclic esters (lactones) is 1. The summed E-state index contributed by atoms with van der Waals surface area (Å²) in [5.74, 6) is 1.52. The molecule has 4 rings (SSSR count). The van der Waals surface area contributed by atoms with Crippen LogP contribution < -0.4 is 9.64 Å². The maximum absolute atomic E-state index is 13.1. The molecule has 1 fully saturated rings. The summed E-state index contributed by atoms with van der Waals surface area (Å²) in [4.78, 5) is 14.9. The normalized spacial score (nSPS) is 22.4.